The Labute approximate surface area is 115 Å². The monoisotopic (exact) mass is 270 g/mol. The minimum absolute atomic E-state index is 0.0452. The normalized spacial score (nSPS) is 22.8. The minimum atomic E-state index is -0.384. The first-order valence-electron chi connectivity index (χ1n) is 7.35. The highest BCUT2D eigenvalue weighted by molar-refractivity contribution is 5.83. The van der Waals surface area contributed by atoms with Gasteiger partial charge in [0.1, 0.15) is 0 Å². The summed E-state index contributed by atoms with van der Waals surface area (Å²) in [4.78, 5) is 14.9. The van der Waals surface area contributed by atoms with Gasteiger partial charge in [0.2, 0.25) is 5.91 Å². The molecule has 2 fully saturated rings. The molecular weight excluding hydrogens is 244 g/mol. The predicted molar refractivity (Wildman–Crippen MR) is 72.9 cm³/mol. The van der Waals surface area contributed by atoms with Crippen LogP contribution in [0.25, 0.3) is 0 Å². The Morgan fingerprint density at radius 2 is 2.11 bits per heavy atom. The van der Waals surface area contributed by atoms with Crippen molar-refractivity contribution in [3.8, 4) is 0 Å². The molecule has 0 unspecified atom stereocenters. The van der Waals surface area contributed by atoms with Crippen LogP contribution in [0.15, 0.2) is 0 Å². The number of aliphatic hydroxyl groups is 1. The van der Waals surface area contributed by atoms with Gasteiger partial charge in [-0.2, -0.15) is 0 Å². The van der Waals surface area contributed by atoms with E-state index in [1.165, 1.54) is 6.42 Å². The zero-order chi connectivity index (χ0) is 13.7. The molecule has 0 radical (unpaired) electrons. The van der Waals surface area contributed by atoms with Gasteiger partial charge in [-0.25, -0.2) is 0 Å². The number of piperidine rings is 1. The molecule has 1 saturated heterocycles. The second-order valence-corrected chi connectivity index (χ2v) is 5.77. The number of amides is 1. The first kappa shape index (κ1) is 14.8. The summed E-state index contributed by atoms with van der Waals surface area (Å²) < 4.78 is 5.33. The molecule has 110 valence electrons. The molecule has 0 aromatic heterocycles. The molecule has 2 N–H and O–H groups in total. The maximum atomic E-state index is 12.9. The van der Waals surface area contributed by atoms with Crippen molar-refractivity contribution in [3.63, 3.8) is 0 Å². The fraction of sp³-hybridized carbons (Fsp3) is 0.929. The number of aliphatic hydroxyl groups excluding tert-OH is 1. The third-order valence-electron chi connectivity index (χ3n) is 4.55. The molecular formula is C14H26N2O3. The average molecular weight is 270 g/mol. The van der Waals surface area contributed by atoms with Gasteiger partial charge in [0.25, 0.3) is 0 Å². The Kier molecular flexibility index (Phi) is 5.19. The summed E-state index contributed by atoms with van der Waals surface area (Å²) >= 11 is 0. The first-order chi connectivity index (χ1) is 9.23. The summed E-state index contributed by atoms with van der Waals surface area (Å²) in [5, 5.41) is 12.5. The summed E-state index contributed by atoms with van der Waals surface area (Å²) in [5.74, 6) is 0.189. The van der Waals surface area contributed by atoms with Crippen molar-refractivity contribution in [1.82, 2.24) is 10.2 Å². The van der Waals surface area contributed by atoms with Crippen LogP contribution in [0.5, 0.6) is 0 Å². The molecule has 5 nitrogen and oxygen atoms in total. The van der Waals surface area contributed by atoms with Crippen molar-refractivity contribution >= 4 is 5.91 Å². The third kappa shape index (κ3) is 3.09. The Morgan fingerprint density at radius 3 is 2.58 bits per heavy atom. The number of ether oxygens (including phenoxy) is 1. The highest BCUT2D eigenvalue weighted by Crippen LogP contribution is 2.35. The molecule has 1 aliphatic carbocycles. The fourth-order valence-electron chi connectivity index (χ4n) is 3.16. The number of carbonyl (C=O) groups excluding carboxylic acids is 1. The standard InChI is InChI=1S/C14H26N2O3/c1-19-11-14(5-7-15-8-6-14)13(18)16(9-10-17)12-3-2-4-12/h12,15,17H,2-11H2,1H3. The van der Waals surface area contributed by atoms with Gasteiger partial charge < -0.3 is 20.1 Å². The highest BCUT2D eigenvalue weighted by atomic mass is 16.5. The zero-order valence-electron chi connectivity index (χ0n) is 11.9. The molecule has 5 heteroatoms. The van der Waals surface area contributed by atoms with Crippen molar-refractivity contribution < 1.29 is 14.6 Å². The summed E-state index contributed by atoms with van der Waals surface area (Å²) in [6, 6.07) is 0.336. The number of hydrogen-bond acceptors (Lipinski definition) is 4. The summed E-state index contributed by atoms with van der Waals surface area (Å²) in [6.45, 7) is 2.73. The fourth-order valence-corrected chi connectivity index (χ4v) is 3.16. The van der Waals surface area contributed by atoms with Crippen LogP contribution < -0.4 is 5.32 Å². The zero-order valence-corrected chi connectivity index (χ0v) is 11.9. The van der Waals surface area contributed by atoms with E-state index in [2.05, 4.69) is 5.32 Å². The van der Waals surface area contributed by atoms with Crippen molar-refractivity contribution in [1.29, 1.82) is 0 Å². The molecule has 0 spiro atoms. The van der Waals surface area contributed by atoms with Crippen LogP contribution in [0.2, 0.25) is 0 Å². The van der Waals surface area contributed by atoms with Crippen molar-refractivity contribution in [2.24, 2.45) is 5.41 Å². The minimum Gasteiger partial charge on any atom is -0.395 e. The lowest BCUT2D eigenvalue weighted by Crippen LogP contribution is -2.56. The van der Waals surface area contributed by atoms with Gasteiger partial charge in [0.15, 0.2) is 0 Å². The second kappa shape index (κ2) is 6.68. The Morgan fingerprint density at radius 1 is 1.42 bits per heavy atom. The van der Waals surface area contributed by atoms with Crippen molar-refractivity contribution in [3.05, 3.63) is 0 Å². The molecule has 0 atom stereocenters. The lowest BCUT2D eigenvalue weighted by molar-refractivity contribution is -0.152. The largest absolute Gasteiger partial charge is 0.395 e. The van der Waals surface area contributed by atoms with Crippen LogP contribution in [0, 0.1) is 5.41 Å². The number of carbonyl (C=O) groups is 1. The van der Waals surface area contributed by atoms with Gasteiger partial charge >= 0.3 is 0 Å². The second-order valence-electron chi connectivity index (χ2n) is 5.77. The SMILES string of the molecule is COCC1(C(=O)N(CCO)C2CCC2)CCNCC1. The van der Waals surface area contributed by atoms with Crippen molar-refractivity contribution in [2.75, 3.05) is 40.0 Å². The first-order valence-corrected chi connectivity index (χ1v) is 7.35. The molecule has 0 aromatic rings. The molecule has 19 heavy (non-hydrogen) atoms. The maximum Gasteiger partial charge on any atom is 0.231 e. The van der Waals surface area contributed by atoms with Crippen LogP contribution in [0.4, 0.5) is 0 Å². The van der Waals surface area contributed by atoms with E-state index in [1.807, 2.05) is 4.90 Å². The van der Waals surface area contributed by atoms with Crippen LogP contribution >= 0.6 is 0 Å². The van der Waals surface area contributed by atoms with Crippen molar-refractivity contribution in [2.45, 2.75) is 38.1 Å². The lowest BCUT2D eigenvalue weighted by atomic mass is 9.77. The van der Waals surface area contributed by atoms with Crippen LogP contribution in [0.1, 0.15) is 32.1 Å². The smallest absolute Gasteiger partial charge is 0.231 e. The van der Waals surface area contributed by atoms with E-state index >= 15 is 0 Å². The Bertz CT molecular complexity index is 294. The number of nitrogens with zero attached hydrogens (tertiary/aromatic N) is 1. The van der Waals surface area contributed by atoms with Crippen LogP contribution in [-0.4, -0.2) is 61.9 Å². The topological polar surface area (TPSA) is 61.8 Å². The van der Waals surface area contributed by atoms with Crippen LogP contribution in [-0.2, 0) is 9.53 Å². The van der Waals surface area contributed by atoms with E-state index in [1.54, 1.807) is 7.11 Å². The molecule has 1 aliphatic heterocycles. The summed E-state index contributed by atoms with van der Waals surface area (Å²) in [6.07, 6.45) is 5.00. The summed E-state index contributed by atoms with van der Waals surface area (Å²) in [5.41, 5.74) is -0.384. The Balaban J connectivity index is 2.11. The molecule has 1 heterocycles. The van der Waals surface area contributed by atoms with Gasteiger partial charge in [0.05, 0.1) is 18.6 Å². The molecule has 2 rings (SSSR count). The number of methoxy groups -OCH3 is 1. The molecule has 1 amide bonds. The highest BCUT2D eigenvalue weighted by Gasteiger charge is 2.44. The molecule has 1 saturated carbocycles. The number of nitrogens with one attached hydrogen (secondary N) is 1. The summed E-state index contributed by atoms with van der Waals surface area (Å²) in [7, 11) is 1.66. The predicted octanol–water partition coefficient (Wildman–Crippen LogP) is 0.376. The van der Waals surface area contributed by atoms with Gasteiger partial charge in [-0.05, 0) is 45.2 Å². The molecule has 2 aliphatic rings. The number of hydrogen-bond donors (Lipinski definition) is 2. The van der Waals surface area contributed by atoms with E-state index in [9.17, 15) is 9.90 Å². The van der Waals surface area contributed by atoms with Gasteiger partial charge in [-0.1, -0.05) is 0 Å². The van der Waals surface area contributed by atoms with Gasteiger partial charge in [0, 0.05) is 19.7 Å². The van der Waals surface area contributed by atoms with E-state index < -0.39 is 0 Å². The third-order valence-corrected chi connectivity index (χ3v) is 4.55. The van der Waals surface area contributed by atoms with E-state index in [-0.39, 0.29) is 17.9 Å². The Hall–Kier alpha value is -0.650. The van der Waals surface area contributed by atoms with Gasteiger partial charge in [-0.15, -0.1) is 0 Å². The van der Waals surface area contributed by atoms with Crippen LogP contribution in [0.3, 0.4) is 0 Å². The molecule has 0 bridgehead atoms. The molecule has 0 aromatic carbocycles. The number of rotatable bonds is 6. The van der Waals surface area contributed by atoms with E-state index in [4.69, 9.17) is 4.74 Å². The quantitative estimate of drug-likeness (QED) is 0.732. The van der Waals surface area contributed by atoms with E-state index in [0.717, 1.165) is 38.8 Å². The van der Waals surface area contributed by atoms with E-state index in [0.29, 0.717) is 19.2 Å². The van der Waals surface area contributed by atoms with Gasteiger partial charge in [-0.3, -0.25) is 4.79 Å². The maximum absolute atomic E-state index is 12.9. The average Bonchev–Trinajstić information content (AvgIpc) is 2.37. The lowest BCUT2D eigenvalue weighted by Gasteiger charge is -2.44.